The molecule has 2 atom stereocenters. The molecule has 5 heteroatoms. The fraction of sp³-hybridized carbons (Fsp3) is 0.833. The highest BCUT2D eigenvalue weighted by Gasteiger charge is 2.33. The second kappa shape index (κ2) is 6.12. The fourth-order valence-corrected chi connectivity index (χ4v) is 2.07. The highest BCUT2D eigenvalue weighted by Crippen LogP contribution is 2.24. The lowest BCUT2D eigenvalue weighted by Gasteiger charge is -2.14. The van der Waals surface area contributed by atoms with Crippen molar-refractivity contribution in [2.24, 2.45) is 0 Å². The molecule has 1 aliphatic rings. The van der Waals surface area contributed by atoms with Crippen LogP contribution in [0, 0.1) is 0 Å². The molecule has 2 heterocycles. The van der Waals surface area contributed by atoms with Crippen LogP contribution < -0.4 is 5.32 Å². The van der Waals surface area contributed by atoms with Gasteiger partial charge in [0, 0.05) is 12.5 Å². The number of rotatable bonds is 6. The van der Waals surface area contributed by atoms with Crippen LogP contribution in [0.25, 0.3) is 0 Å². The molecule has 0 spiro atoms. The van der Waals surface area contributed by atoms with Crippen LogP contribution in [0.5, 0.6) is 0 Å². The molecule has 0 amide bonds. The summed E-state index contributed by atoms with van der Waals surface area (Å²) in [5, 5.41) is 7.46. The van der Waals surface area contributed by atoms with E-state index in [1.165, 1.54) is 0 Å². The zero-order chi connectivity index (χ0) is 12.1. The standard InChI is InChI=1S/C12H21N3O2/c1-3-5-11-14-12(17-15-11)9-7-16-8-10(9)13-6-4-2/h9-10,13H,3-8H2,1-2H3. The molecule has 17 heavy (non-hydrogen) atoms. The van der Waals surface area contributed by atoms with Crippen molar-refractivity contribution in [3.8, 4) is 0 Å². The Kier molecular flexibility index (Phi) is 4.50. The maximum atomic E-state index is 5.50. The van der Waals surface area contributed by atoms with E-state index in [4.69, 9.17) is 9.26 Å². The highest BCUT2D eigenvalue weighted by molar-refractivity contribution is 5.02. The van der Waals surface area contributed by atoms with Gasteiger partial charge in [-0.1, -0.05) is 19.0 Å². The van der Waals surface area contributed by atoms with Crippen LogP contribution in [0.3, 0.4) is 0 Å². The van der Waals surface area contributed by atoms with Crippen LogP contribution in [0.4, 0.5) is 0 Å². The van der Waals surface area contributed by atoms with Crippen molar-refractivity contribution < 1.29 is 9.26 Å². The molecule has 1 aromatic heterocycles. The second-order valence-corrected chi connectivity index (χ2v) is 4.50. The van der Waals surface area contributed by atoms with E-state index in [1.54, 1.807) is 0 Å². The van der Waals surface area contributed by atoms with E-state index >= 15 is 0 Å². The third-order valence-corrected chi connectivity index (χ3v) is 3.01. The molecule has 0 bridgehead atoms. The quantitative estimate of drug-likeness (QED) is 0.815. The Morgan fingerprint density at radius 1 is 1.29 bits per heavy atom. The van der Waals surface area contributed by atoms with E-state index in [9.17, 15) is 0 Å². The van der Waals surface area contributed by atoms with Crippen LogP contribution in [-0.4, -0.2) is 35.9 Å². The monoisotopic (exact) mass is 239 g/mol. The molecule has 0 saturated carbocycles. The lowest BCUT2D eigenvalue weighted by Crippen LogP contribution is -2.35. The Balaban J connectivity index is 1.98. The van der Waals surface area contributed by atoms with Crippen molar-refractivity contribution >= 4 is 0 Å². The molecular formula is C12H21N3O2. The van der Waals surface area contributed by atoms with E-state index in [1.807, 2.05) is 0 Å². The average Bonchev–Trinajstić information content (AvgIpc) is 2.94. The first-order chi connectivity index (χ1) is 8.35. The molecule has 2 rings (SSSR count). The van der Waals surface area contributed by atoms with Gasteiger partial charge in [-0.25, -0.2) is 0 Å². The van der Waals surface area contributed by atoms with E-state index in [0.717, 1.165) is 44.1 Å². The van der Waals surface area contributed by atoms with Gasteiger partial charge in [-0.15, -0.1) is 0 Å². The SMILES string of the molecule is CCCNC1COCC1c1nc(CCC)no1. The lowest BCUT2D eigenvalue weighted by atomic mass is 10.0. The summed E-state index contributed by atoms with van der Waals surface area (Å²) in [7, 11) is 0. The zero-order valence-electron chi connectivity index (χ0n) is 10.6. The number of hydrogen-bond acceptors (Lipinski definition) is 5. The third kappa shape index (κ3) is 3.04. The van der Waals surface area contributed by atoms with Gasteiger partial charge in [-0.2, -0.15) is 4.98 Å². The van der Waals surface area contributed by atoms with E-state index < -0.39 is 0 Å². The minimum Gasteiger partial charge on any atom is -0.379 e. The normalized spacial score (nSPS) is 24.4. The number of nitrogens with zero attached hydrogens (tertiary/aromatic N) is 2. The number of aromatic nitrogens is 2. The Morgan fingerprint density at radius 3 is 2.94 bits per heavy atom. The molecule has 1 N–H and O–H groups in total. The summed E-state index contributed by atoms with van der Waals surface area (Å²) in [5.41, 5.74) is 0. The Morgan fingerprint density at radius 2 is 2.18 bits per heavy atom. The van der Waals surface area contributed by atoms with Gasteiger partial charge in [0.15, 0.2) is 5.82 Å². The number of ether oxygens (including phenoxy) is 1. The zero-order valence-corrected chi connectivity index (χ0v) is 10.6. The summed E-state index contributed by atoms with van der Waals surface area (Å²) in [4.78, 5) is 4.44. The highest BCUT2D eigenvalue weighted by atomic mass is 16.5. The first kappa shape index (κ1) is 12.5. The summed E-state index contributed by atoms with van der Waals surface area (Å²) in [5.74, 6) is 1.74. The Labute approximate surface area is 102 Å². The molecule has 1 aromatic rings. The number of hydrogen-bond donors (Lipinski definition) is 1. The van der Waals surface area contributed by atoms with Crippen LogP contribution in [0.1, 0.15) is 44.3 Å². The molecule has 2 unspecified atom stereocenters. The fourth-order valence-electron chi connectivity index (χ4n) is 2.07. The van der Waals surface area contributed by atoms with Gasteiger partial charge in [0.05, 0.1) is 19.1 Å². The van der Waals surface area contributed by atoms with Gasteiger partial charge in [-0.3, -0.25) is 0 Å². The van der Waals surface area contributed by atoms with Crippen molar-refractivity contribution in [1.82, 2.24) is 15.5 Å². The minimum absolute atomic E-state index is 0.208. The van der Waals surface area contributed by atoms with Crippen LogP contribution in [0.2, 0.25) is 0 Å². The summed E-state index contributed by atoms with van der Waals surface area (Å²) < 4.78 is 10.8. The van der Waals surface area contributed by atoms with Crippen molar-refractivity contribution in [2.45, 2.75) is 45.1 Å². The summed E-state index contributed by atoms with van der Waals surface area (Å²) in [6.45, 7) is 6.68. The van der Waals surface area contributed by atoms with Gasteiger partial charge >= 0.3 is 0 Å². The van der Waals surface area contributed by atoms with E-state index in [0.29, 0.717) is 12.6 Å². The van der Waals surface area contributed by atoms with Gasteiger partial charge in [-0.05, 0) is 19.4 Å². The maximum Gasteiger partial charge on any atom is 0.233 e. The van der Waals surface area contributed by atoms with Crippen molar-refractivity contribution in [1.29, 1.82) is 0 Å². The molecule has 0 aliphatic carbocycles. The van der Waals surface area contributed by atoms with Gasteiger partial charge < -0.3 is 14.6 Å². The second-order valence-electron chi connectivity index (χ2n) is 4.50. The summed E-state index contributed by atoms with van der Waals surface area (Å²) in [6.07, 6.45) is 3.04. The van der Waals surface area contributed by atoms with E-state index in [-0.39, 0.29) is 5.92 Å². The van der Waals surface area contributed by atoms with E-state index in [2.05, 4.69) is 29.3 Å². The largest absolute Gasteiger partial charge is 0.379 e. The Hall–Kier alpha value is -0.940. The number of nitrogens with one attached hydrogen (secondary N) is 1. The molecule has 5 nitrogen and oxygen atoms in total. The Bertz CT molecular complexity index is 340. The predicted octanol–water partition coefficient (Wildman–Crippen LogP) is 1.50. The first-order valence-corrected chi connectivity index (χ1v) is 6.48. The average molecular weight is 239 g/mol. The van der Waals surface area contributed by atoms with Crippen LogP contribution >= 0.6 is 0 Å². The van der Waals surface area contributed by atoms with Gasteiger partial charge in [0.25, 0.3) is 0 Å². The van der Waals surface area contributed by atoms with Gasteiger partial charge in [0.2, 0.25) is 5.89 Å². The summed E-state index contributed by atoms with van der Waals surface area (Å²) in [6, 6.07) is 0.310. The number of aryl methyl sites for hydroxylation is 1. The topological polar surface area (TPSA) is 60.2 Å². The molecule has 0 aromatic carbocycles. The van der Waals surface area contributed by atoms with Crippen molar-refractivity contribution in [3.63, 3.8) is 0 Å². The maximum absolute atomic E-state index is 5.50. The molecular weight excluding hydrogens is 218 g/mol. The third-order valence-electron chi connectivity index (χ3n) is 3.01. The first-order valence-electron chi connectivity index (χ1n) is 6.48. The summed E-state index contributed by atoms with van der Waals surface area (Å²) >= 11 is 0. The van der Waals surface area contributed by atoms with Crippen molar-refractivity contribution in [2.75, 3.05) is 19.8 Å². The van der Waals surface area contributed by atoms with Gasteiger partial charge in [0.1, 0.15) is 0 Å². The predicted molar refractivity (Wildman–Crippen MR) is 63.9 cm³/mol. The smallest absolute Gasteiger partial charge is 0.233 e. The molecule has 1 fully saturated rings. The molecule has 1 aliphatic heterocycles. The van der Waals surface area contributed by atoms with Crippen molar-refractivity contribution in [3.05, 3.63) is 11.7 Å². The minimum atomic E-state index is 0.208. The molecule has 96 valence electrons. The lowest BCUT2D eigenvalue weighted by molar-refractivity contribution is 0.184. The van der Waals surface area contributed by atoms with Crippen LogP contribution in [-0.2, 0) is 11.2 Å². The molecule has 0 radical (unpaired) electrons. The molecule has 1 saturated heterocycles. The van der Waals surface area contributed by atoms with Crippen LogP contribution in [0.15, 0.2) is 4.52 Å².